The van der Waals surface area contributed by atoms with Gasteiger partial charge in [0.1, 0.15) is 0 Å². The van der Waals surface area contributed by atoms with Crippen LogP contribution in [0.25, 0.3) is 0 Å². The van der Waals surface area contributed by atoms with Gasteiger partial charge in [-0.25, -0.2) is 0 Å². The van der Waals surface area contributed by atoms with Gasteiger partial charge in [-0.3, -0.25) is 0 Å². The fraction of sp³-hybridized carbons (Fsp3) is 1.00. The molecule has 2 aliphatic rings. The van der Waals surface area contributed by atoms with E-state index in [1.165, 1.54) is 0 Å². The molecule has 0 aromatic rings. The van der Waals surface area contributed by atoms with Crippen molar-refractivity contribution >= 4 is 10.2 Å². The van der Waals surface area contributed by atoms with E-state index in [9.17, 15) is 8.42 Å². The van der Waals surface area contributed by atoms with Crippen molar-refractivity contribution in [1.29, 1.82) is 0 Å². The van der Waals surface area contributed by atoms with E-state index in [4.69, 9.17) is 9.47 Å². The zero-order chi connectivity index (χ0) is 11.8. The predicted molar refractivity (Wildman–Crippen MR) is 58.0 cm³/mol. The van der Waals surface area contributed by atoms with E-state index in [2.05, 4.69) is 9.44 Å². The van der Waals surface area contributed by atoms with Crippen LogP contribution in [0.3, 0.4) is 0 Å². The van der Waals surface area contributed by atoms with E-state index < -0.39 is 16.0 Å². The second kappa shape index (κ2) is 4.23. The first-order valence-corrected chi connectivity index (χ1v) is 6.93. The topological polar surface area (TPSA) is 76.7 Å². The third kappa shape index (κ3) is 3.67. The highest BCUT2D eigenvalue weighted by atomic mass is 32.2. The van der Waals surface area contributed by atoms with Crippen LogP contribution in [0.5, 0.6) is 0 Å². The number of hydrogen-bond acceptors (Lipinski definition) is 4. The number of hydrogen-bond donors (Lipinski definition) is 2. The molecule has 7 heteroatoms. The Morgan fingerprint density at radius 2 is 2.06 bits per heavy atom. The summed E-state index contributed by atoms with van der Waals surface area (Å²) in [5.74, 6) is -0.611. The molecule has 16 heavy (non-hydrogen) atoms. The van der Waals surface area contributed by atoms with Crippen LogP contribution in [0.4, 0.5) is 0 Å². The molecule has 0 spiro atoms. The quantitative estimate of drug-likeness (QED) is 0.704. The first-order chi connectivity index (χ1) is 7.36. The molecule has 0 aromatic carbocycles. The molecule has 1 saturated carbocycles. The summed E-state index contributed by atoms with van der Waals surface area (Å²) in [7, 11) is -3.38. The molecule has 1 saturated heterocycles. The van der Waals surface area contributed by atoms with Gasteiger partial charge in [0, 0.05) is 12.6 Å². The lowest BCUT2D eigenvalue weighted by Crippen LogP contribution is -2.42. The van der Waals surface area contributed by atoms with E-state index in [0.29, 0.717) is 6.61 Å². The molecule has 2 rings (SSSR count). The highest BCUT2D eigenvalue weighted by Gasteiger charge is 2.33. The minimum atomic E-state index is -3.38. The van der Waals surface area contributed by atoms with Gasteiger partial charge in [0.2, 0.25) is 0 Å². The van der Waals surface area contributed by atoms with E-state index in [-0.39, 0.29) is 18.7 Å². The van der Waals surface area contributed by atoms with Crippen LogP contribution >= 0.6 is 0 Å². The van der Waals surface area contributed by atoms with E-state index in [1.807, 2.05) is 13.8 Å². The molecule has 0 radical (unpaired) electrons. The lowest BCUT2D eigenvalue weighted by molar-refractivity contribution is -0.137. The molecule has 6 nitrogen and oxygen atoms in total. The largest absolute Gasteiger partial charge is 0.348 e. The van der Waals surface area contributed by atoms with E-state index in [1.54, 1.807) is 0 Å². The minimum absolute atomic E-state index is 0.120. The number of rotatable bonds is 5. The van der Waals surface area contributed by atoms with Crippen LogP contribution in [0.1, 0.15) is 26.7 Å². The maximum absolute atomic E-state index is 11.5. The summed E-state index contributed by atoms with van der Waals surface area (Å²) in [6.07, 6.45) is 1.64. The molecule has 1 unspecified atom stereocenters. The molecule has 1 heterocycles. The Morgan fingerprint density at radius 1 is 1.38 bits per heavy atom. The molecule has 1 aliphatic carbocycles. The zero-order valence-corrected chi connectivity index (χ0v) is 10.3. The standard InChI is InChI=1S/C9H18N2O4S/c1-9(2)14-6-8(15-9)5-10-16(12,13)11-7-3-4-7/h7-8,10-11H,3-6H2,1-2H3. The Morgan fingerprint density at radius 3 is 2.56 bits per heavy atom. The first-order valence-electron chi connectivity index (χ1n) is 5.45. The fourth-order valence-electron chi connectivity index (χ4n) is 1.53. The minimum Gasteiger partial charge on any atom is -0.348 e. The Kier molecular flexibility index (Phi) is 3.24. The first kappa shape index (κ1) is 12.3. The van der Waals surface area contributed by atoms with Gasteiger partial charge < -0.3 is 9.47 Å². The van der Waals surface area contributed by atoms with Crippen LogP contribution in [0.2, 0.25) is 0 Å². The van der Waals surface area contributed by atoms with Crippen molar-refractivity contribution in [3.63, 3.8) is 0 Å². The maximum atomic E-state index is 11.5. The van der Waals surface area contributed by atoms with Crippen LogP contribution in [-0.4, -0.2) is 39.5 Å². The summed E-state index contributed by atoms with van der Waals surface area (Å²) in [5, 5.41) is 0. The van der Waals surface area contributed by atoms with Gasteiger partial charge in [-0.1, -0.05) is 0 Å². The van der Waals surface area contributed by atoms with Gasteiger partial charge in [0.25, 0.3) is 10.2 Å². The molecular formula is C9H18N2O4S. The highest BCUT2D eigenvalue weighted by Crippen LogP contribution is 2.22. The van der Waals surface area contributed by atoms with Crippen molar-refractivity contribution in [2.24, 2.45) is 0 Å². The highest BCUT2D eigenvalue weighted by molar-refractivity contribution is 7.87. The van der Waals surface area contributed by atoms with E-state index >= 15 is 0 Å². The molecule has 1 aliphatic heterocycles. The molecule has 2 fully saturated rings. The maximum Gasteiger partial charge on any atom is 0.277 e. The molecule has 94 valence electrons. The third-order valence-electron chi connectivity index (χ3n) is 2.47. The number of ether oxygens (including phenoxy) is 2. The number of nitrogens with one attached hydrogen (secondary N) is 2. The van der Waals surface area contributed by atoms with Gasteiger partial charge in [-0.2, -0.15) is 17.9 Å². The summed E-state index contributed by atoms with van der Waals surface area (Å²) >= 11 is 0. The SMILES string of the molecule is CC1(C)OCC(CNS(=O)(=O)NC2CC2)O1. The van der Waals surface area contributed by atoms with Crippen molar-refractivity contribution in [2.45, 2.75) is 44.6 Å². The van der Waals surface area contributed by atoms with Crippen LogP contribution < -0.4 is 9.44 Å². The molecular weight excluding hydrogens is 232 g/mol. The molecule has 2 N–H and O–H groups in total. The van der Waals surface area contributed by atoms with Crippen molar-refractivity contribution in [2.75, 3.05) is 13.2 Å². The van der Waals surface area contributed by atoms with Gasteiger partial charge in [-0.15, -0.1) is 0 Å². The second-order valence-corrected chi connectivity index (χ2v) is 6.23. The van der Waals surface area contributed by atoms with Gasteiger partial charge in [0.05, 0.1) is 12.7 Å². The van der Waals surface area contributed by atoms with Crippen LogP contribution in [-0.2, 0) is 19.7 Å². The lowest BCUT2D eigenvalue weighted by Gasteiger charge is -2.17. The molecule has 0 aromatic heterocycles. The average molecular weight is 250 g/mol. The van der Waals surface area contributed by atoms with Gasteiger partial charge >= 0.3 is 0 Å². The Bertz CT molecular complexity index is 351. The third-order valence-corrected chi connectivity index (χ3v) is 3.66. The summed E-state index contributed by atoms with van der Waals surface area (Å²) in [5.41, 5.74) is 0. The average Bonchev–Trinajstić information content (AvgIpc) is 2.86. The molecule has 0 amide bonds. The Labute approximate surface area is 95.9 Å². The van der Waals surface area contributed by atoms with Crippen molar-refractivity contribution in [1.82, 2.24) is 9.44 Å². The lowest BCUT2D eigenvalue weighted by atomic mass is 10.4. The fourth-order valence-corrected chi connectivity index (χ4v) is 2.69. The predicted octanol–water partition coefficient (Wildman–Crippen LogP) is -0.276. The van der Waals surface area contributed by atoms with Crippen molar-refractivity contribution in [3.05, 3.63) is 0 Å². The monoisotopic (exact) mass is 250 g/mol. The second-order valence-electron chi connectivity index (χ2n) is 4.69. The zero-order valence-electron chi connectivity index (χ0n) is 9.52. The Hall–Kier alpha value is -0.210. The van der Waals surface area contributed by atoms with Crippen molar-refractivity contribution < 1.29 is 17.9 Å². The summed E-state index contributed by atoms with van der Waals surface area (Å²) in [4.78, 5) is 0. The summed E-state index contributed by atoms with van der Waals surface area (Å²) in [6, 6.07) is 0.120. The van der Waals surface area contributed by atoms with Gasteiger partial charge in [-0.05, 0) is 26.7 Å². The van der Waals surface area contributed by atoms with Crippen molar-refractivity contribution in [3.8, 4) is 0 Å². The summed E-state index contributed by atoms with van der Waals surface area (Å²) in [6.45, 7) is 4.28. The molecule has 0 bridgehead atoms. The molecule has 1 atom stereocenters. The Balaban J connectivity index is 1.74. The van der Waals surface area contributed by atoms with Crippen LogP contribution in [0.15, 0.2) is 0 Å². The van der Waals surface area contributed by atoms with Gasteiger partial charge in [0.15, 0.2) is 5.79 Å². The normalized spacial score (nSPS) is 29.5. The van der Waals surface area contributed by atoms with Crippen LogP contribution in [0, 0.1) is 0 Å². The van der Waals surface area contributed by atoms with E-state index in [0.717, 1.165) is 12.8 Å². The summed E-state index contributed by atoms with van der Waals surface area (Å²) < 4.78 is 38.8. The smallest absolute Gasteiger partial charge is 0.277 e.